The van der Waals surface area contributed by atoms with Crippen molar-refractivity contribution in [2.75, 3.05) is 47.1 Å². The maximum atomic E-state index is 13.8. The van der Waals surface area contributed by atoms with Gasteiger partial charge in [0.1, 0.15) is 23.7 Å². The summed E-state index contributed by atoms with van der Waals surface area (Å²) in [5.74, 6) is -0.169. The molecule has 6 rings (SSSR count). The highest BCUT2D eigenvalue weighted by Gasteiger charge is 2.38. The van der Waals surface area contributed by atoms with Crippen molar-refractivity contribution < 1.29 is 22.7 Å². The number of ether oxygens (including phenoxy) is 1. The number of aromatic nitrogens is 2. The van der Waals surface area contributed by atoms with Gasteiger partial charge in [-0.25, -0.2) is 4.98 Å². The first-order valence-corrected chi connectivity index (χ1v) is 13.1. The van der Waals surface area contributed by atoms with Gasteiger partial charge in [0.15, 0.2) is 0 Å². The number of hydrogen-bond donors (Lipinski definition) is 3. The van der Waals surface area contributed by atoms with Gasteiger partial charge in [0.05, 0.1) is 11.7 Å². The average Bonchev–Trinajstić information content (AvgIpc) is 3.78. The van der Waals surface area contributed by atoms with Gasteiger partial charge >= 0.3 is 6.18 Å². The average molecular weight is 552 g/mol. The van der Waals surface area contributed by atoms with E-state index in [0.29, 0.717) is 35.5 Å². The van der Waals surface area contributed by atoms with Crippen molar-refractivity contribution in [3.63, 3.8) is 0 Å². The van der Waals surface area contributed by atoms with Crippen molar-refractivity contribution in [3.05, 3.63) is 66.9 Å². The van der Waals surface area contributed by atoms with Crippen LogP contribution in [0.15, 0.2) is 61.3 Å². The molecule has 9 nitrogen and oxygen atoms in total. The number of alkyl halides is 3. The van der Waals surface area contributed by atoms with Crippen molar-refractivity contribution in [2.45, 2.75) is 31.1 Å². The lowest BCUT2D eigenvalue weighted by Crippen LogP contribution is -2.57. The summed E-state index contributed by atoms with van der Waals surface area (Å²) < 4.78 is 47.4. The number of piperazine rings is 1. The van der Waals surface area contributed by atoms with E-state index in [2.05, 4.69) is 42.3 Å². The molecule has 2 fully saturated rings. The third kappa shape index (κ3) is 5.53. The summed E-state index contributed by atoms with van der Waals surface area (Å²) in [6.07, 6.45) is -0.288. The first-order valence-electron chi connectivity index (χ1n) is 13.1. The number of carbonyl (C=O) groups excluding carboxylic acids is 1. The van der Waals surface area contributed by atoms with Gasteiger partial charge in [0.25, 0.3) is 0 Å². The summed E-state index contributed by atoms with van der Waals surface area (Å²) in [6, 6.07) is 12.9. The van der Waals surface area contributed by atoms with E-state index in [4.69, 9.17) is 4.74 Å². The zero-order chi connectivity index (χ0) is 27.9. The van der Waals surface area contributed by atoms with Crippen LogP contribution in [0.3, 0.4) is 0 Å². The fourth-order valence-electron chi connectivity index (χ4n) is 5.12. The summed E-state index contributed by atoms with van der Waals surface area (Å²) in [4.78, 5) is 24.6. The van der Waals surface area contributed by atoms with E-state index < -0.39 is 23.5 Å². The minimum atomic E-state index is -4.69. The van der Waals surface area contributed by atoms with E-state index in [0.717, 1.165) is 43.6 Å². The molecule has 3 aliphatic rings. The van der Waals surface area contributed by atoms with E-state index in [9.17, 15) is 18.0 Å². The quantitative estimate of drug-likeness (QED) is 0.347. The maximum Gasteiger partial charge on any atom is 0.421 e. The molecule has 0 spiro atoms. The lowest BCUT2D eigenvalue weighted by Gasteiger charge is -2.45. The molecule has 1 aromatic heterocycles. The Kier molecular flexibility index (Phi) is 6.70. The van der Waals surface area contributed by atoms with Crippen LogP contribution in [0.5, 0.6) is 5.75 Å². The van der Waals surface area contributed by atoms with E-state index in [1.807, 2.05) is 18.2 Å². The Hall–Kier alpha value is -4.32. The van der Waals surface area contributed by atoms with Gasteiger partial charge in [-0.3, -0.25) is 9.69 Å². The van der Waals surface area contributed by atoms with E-state index in [-0.39, 0.29) is 5.95 Å². The summed E-state index contributed by atoms with van der Waals surface area (Å²) >= 11 is 0. The van der Waals surface area contributed by atoms with Gasteiger partial charge in [-0.15, -0.1) is 0 Å². The molecule has 1 atom stereocenters. The fourth-order valence-corrected chi connectivity index (χ4v) is 5.12. The topological polar surface area (TPSA) is 94.6 Å². The number of anilines is 6. The molecule has 1 saturated carbocycles. The standard InChI is InChI=1S/C28H28F3N7O2/c1-2-25(39)33-17-4-3-5-18(12-17)34-26-22(28(29,30)31)14-32-27(36-26)35-19-6-9-23-24(13-19)40-16-21-15-37(20-7-8-20)10-11-38(21)23/h2-6,9,12-14,20-21H,1,7-8,10-11,15-16H2,(H,33,39)(H2,32,34,35,36)/t21-/m1/s1. The van der Waals surface area contributed by atoms with Crippen LogP contribution < -0.4 is 25.6 Å². The molecule has 0 bridgehead atoms. The highest BCUT2D eigenvalue weighted by atomic mass is 19.4. The Morgan fingerprint density at radius 3 is 2.62 bits per heavy atom. The number of amides is 1. The van der Waals surface area contributed by atoms with Crippen molar-refractivity contribution in [3.8, 4) is 5.75 Å². The molecule has 3 N–H and O–H groups in total. The van der Waals surface area contributed by atoms with Gasteiger partial charge in [0.2, 0.25) is 11.9 Å². The molecule has 3 aromatic rings. The smallest absolute Gasteiger partial charge is 0.421 e. The molecule has 208 valence electrons. The Bertz CT molecular complexity index is 1440. The molecule has 1 amide bonds. The highest BCUT2D eigenvalue weighted by Crippen LogP contribution is 2.40. The summed E-state index contributed by atoms with van der Waals surface area (Å²) in [6.45, 7) is 6.92. The molecule has 0 radical (unpaired) electrons. The third-order valence-corrected chi connectivity index (χ3v) is 7.21. The predicted octanol–water partition coefficient (Wildman–Crippen LogP) is 5.15. The number of carbonyl (C=O) groups is 1. The summed E-state index contributed by atoms with van der Waals surface area (Å²) in [7, 11) is 0. The fraction of sp³-hybridized carbons (Fsp3) is 0.321. The first-order chi connectivity index (χ1) is 19.3. The zero-order valence-electron chi connectivity index (χ0n) is 21.5. The molecule has 2 aliphatic heterocycles. The molecule has 12 heteroatoms. The van der Waals surface area contributed by atoms with Crippen molar-refractivity contribution >= 4 is 40.4 Å². The summed E-state index contributed by atoms with van der Waals surface area (Å²) in [5, 5.41) is 8.29. The normalized spacial score (nSPS) is 18.7. The second-order valence-corrected chi connectivity index (χ2v) is 10.0. The van der Waals surface area contributed by atoms with Crippen molar-refractivity contribution in [1.82, 2.24) is 14.9 Å². The van der Waals surface area contributed by atoms with Crippen LogP contribution in [-0.2, 0) is 11.0 Å². The number of nitrogens with zero attached hydrogens (tertiary/aromatic N) is 4. The molecular weight excluding hydrogens is 523 g/mol. The molecule has 1 aliphatic carbocycles. The second-order valence-electron chi connectivity index (χ2n) is 10.0. The number of fused-ring (bicyclic) bond motifs is 3. The Morgan fingerprint density at radius 2 is 1.85 bits per heavy atom. The number of benzene rings is 2. The first kappa shape index (κ1) is 25.9. The number of rotatable bonds is 7. The minimum Gasteiger partial charge on any atom is -0.489 e. The van der Waals surface area contributed by atoms with Crippen molar-refractivity contribution in [2.24, 2.45) is 0 Å². The Balaban J connectivity index is 1.21. The van der Waals surface area contributed by atoms with Crippen LogP contribution in [0.2, 0.25) is 0 Å². The minimum absolute atomic E-state index is 0.0155. The second kappa shape index (κ2) is 10.3. The molecule has 40 heavy (non-hydrogen) atoms. The highest BCUT2D eigenvalue weighted by molar-refractivity contribution is 5.99. The van der Waals surface area contributed by atoms with Crippen LogP contribution >= 0.6 is 0 Å². The lowest BCUT2D eigenvalue weighted by atomic mass is 10.1. The number of halogens is 3. The monoisotopic (exact) mass is 551 g/mol. The van der Waals surface area contributed by atoms with Crippen LogP contribution in [-0.4, -0.2) is 59.1 Å². The van der Waals surface area contributed by atoms with Gasteiger partial charge in [-0.05, 0) is 49.2 Å². The summed E-state index contributed by atoms with van der Waals surface area (Å²) in [5.41, 5.74) is 1.27. The molecular formula is C28H28F3N7O2. The van der Waals surface area contributed by atoms with E-state index >= 15 is 0 Å². The van der Waals surface area contributed by atoms with Gasteiger partial charge in [-0.1, -0.05) is 12.6 Å². The Morgan fingerprint density at radius 1 is 1.05 bits per heavy atom. The third-order valence-electron chi connectivity index (χ3n) is 7.21. The largest absolute Gasteiger partial charge is 0.489 e. The molecule has 0 unspecified atom stereocenters. The molecule has 1 saturated heterocycles. The van der Waals surface area contributed by atoms with Crippen LogP contribution in [0, 0.1) is 0 Å². The van der Waals surface area contributed by atoms with Crippen LogP contribution in [0.25, 0.3) is 0 Å². The van der Waals surface area contributed by atoms with E-state index in [1.54, 1.807) is 18.2 Å². The molecule has 2 aromatic carbocycles. The Labute approximate surface area is 229 Å². The van der Waals surface area contributed by atoms with Crippen molar-refractivity contribution in [1.29, 1.82) is 0 Å². The maximum absolute atomic E-state index is 13.8. The van der Waals surface area contributed by atoms with Crippen LogP contribution in [0.1, 0.15) is 18.4 Å². The number of nitrogens with one attached hydrogen (secondary N) is 3. The predicted molar refractivity (Wildman–Crippen MR) is 147 cm³/mol. The number of hydrogen-bond acceptors (Lipinski definition) is 8. The SMILES string of the molecule is C=CC(=O)Nc1cccc(Nc2nc(Nc3ccc4c(c3)OC[C@H]3CN(C5CC5)CCN43)ncc2C(F)(F)F)c1. The zero-order valence-corrected chi connectivity index (χ0v) is 21.5. The lowest BCUT2D eigenvalue weighted by molar-refractivity contribution is -0.137. The van der Waals surface area contributed by atoms with E-state index in [1.165, 1.54) is 18.9 Å². The van der Waals surface area contributed by atoms with Crippen LogP contribution in [0.4, 0.5) is 47.7 Å². The molecule has 3 heterocycles. The van der Waals surface area contributed by atoms with Gasteiger partial charge in [-0.2, -0.15) is 18.2 Å². The van der Waals surface area contributed by atoms with Gasteiger partial charge in [0, 0.05) is 55.0 Å². The van der Waals surface area contributed by atoms with Gasteiger partial charge < -0.3 is 25.6 Å².